The molecule has 1 fully saturated rings. The predicted molar refractivity (Wildman–Crippen MR) is 70.7 cm³/mol. The zero-order valence-corrected chi connectivity index (χ0v) is 10.5. The van der Waals surface area contributed by atoms with E-state index < -0.39 is 0 Å². The van der Waals surface area contributed by atoms with E-state index in [0.717, 1.165) is 35.8 Å². The van der Waals surface area contributed by atoms with E-state index in [1.54, 1.807) is 5.51 Å². The van der Waals surface area contributed by atoms with E-state index in [-0.39, 0.29) is 18.6 Å². The quantitative estimate of drug-likeness (QED) is 0.670. The Hall–Kier alpha value is -1.51. The summed E-state index contributed by atoms with van der Waals surface area (Å²) in [4.78, 5) is 15.6. The number of piperazine rings is 1. The predicted octanol–water partition coefficient (Wildman–Crippen LogP) is -0.561. The maximum Gasteiger partial charge on any atom is 0.223 e. The van der Waals surface area contributed by atoms with Gasteiger partial charge in [0.05, 0.1) is 18.2 Å². The Morgan fingerprint density at radius 1 is 1.56 bits per heavy atom. The van der Waals surface area contributed by atoms with E-state index in [9.17, 15) is 5.11 Å². The van der Waals surface area contributed by atoms with Gasteiger partial charge in [-0.25, -0.2) is 9.97 Å². The number of nitrogens with one attached hydrogen (secondary N) is 1. The van der Waals surface area contributed by atoms with Crippen LogP contribution in [0.4, 0.5) is 11.8 Å². The van der Waals surface area contributed by atoms with Gasteiger partial charge in [-0.1, -0.05) is 0 Å². The summed E-state index contributed by atoms with van der Waals surface area (Å²) in [6.07, 6.45) is 0. The summed E-state index contributed by atoms with van der Waals surface area (Å²) in [5.74, 6) is 0.969. The minimum atomic E-state index is -0.00190. The molecule has 1 saturated heterocycles. The first-order valence-electron chi connectivity index (χ1n) is 5.74. The van der Waals surface area contributed by atoms with Gasteiger partial charge in [0.1, 0.15) is 5.52 Å². The molecule has 18 heavy (non-hydrogen) atoms. The van der Waals surface area contributed by atoms with Crippen molar-refractivity contribution in [3.8, 4) is 0 Å². The molecule has 0 bridgehead atoms. The Balaban J connectivity index is 2.08. The van der Waals surface area contributed by atoms with Crippen molar-refractivity contribution in [3.05, 3.63) is 5.51 Å². The number of nitrogen functional groups attached to an aromatic ring is 1. The molecule has 1 aliphatic heterocycles. The molecule has 3 rings (SSSR count). The second kappa shape index (κ2) is 4.63. The van der Waals surface area contributed by atoms with Crippen LogP contribution in [0, 0.1) is 0 Å². The number of aliphatic hydroxyl groups is 1. The van der Waals surface area contributed by atoms with Crippen LogP contribution in [-0.2, 0) is 0 Å². The average Bonchev–Trinajstić information content (AvgIpc) is 2.85. The number of rotatable bonds is 2. The Kier molecular flexibility index (Phi) is 2.98. The van der Waals surface area contributed by atoms with Gasteiger partial charge in [0.15, 0.2) is 10.6 Å². The van der Waals surface area contributed by atoms with E-state index in [4.69, 9.17) is 5.73 Å². The van der Waals surface area contributed by atoms with E-state index in [2.05, 4.69) is 25.2 Å². The molecule has 0 amide bonds. The van der Waals surface area contributed by atoms with Crippen LogP contribution in [0.25, 0.3) is 10.3 Å². The number of hydrogen-bond acceptors (Lipinski definition) is 8. The minimum Gasteiger partial charge on any atom is -0.394 e. The van der Waals surface area contributed by atoms with Crippen LogP contribution >= 0.6 is 11.3 Å². The van der Waals surface area contributed by atoms with Gasteiger partial charge in [0.2, 0.25) is 5.95 Å². The van der Waals surface area contributed by atoms with Gasteiger partial charge in [-0.05, 0) is 0 Å². The average molecular weight is 266 g/mol. The highest BCUT2D eigenvalue weighted by Crippen LogP contribution is 2.27. The normalized spacial score (nSPS) is 20.5. The summed E-state index contributed by atoms with van der Waals surface area (Å²) in [6.45, 7) is 2.43. The highest BCUT2D eigenvalue weighted by atomic mass is 32.1. The van der Waals surface area contributed by atoms with Crippen LogP contribution in [0.3, 0.4) is 0 Å². The standard InChI is InChI=1S/C10H14N6OS/c11-10-14-8(7-9(15-10)18-5-13-7)16-2-1-12-3-6(16)4-17/h5-6,12,17H,1-4H2,(H2,11,14,15)/t6-/m0/s1. The van der Waals surface area contributed by atoms with Gasteiger partial charge in [-0.2, -0.15) is 4.98 Å². The first kappa shape index (κ1) is 11.6. The fourth-order valence-corrected chi connectivity index (χ4v) is 2.83. The molecule has 0 saturated carbocycles. The van der Waals surface area contributed by atoms with Crippen molar-refractivity contribution >= 4 is 33.5 Å². The minimum absolute atomic E-state index is 0.00190. The number of anilines is 2. The molecule has 2 aromatic heterocycles. The molecule has 0 aliphatic carbocycles. The lowest BCUT2D eigenvalue weighted by Crippen LogP contribution is -2.53. The van der Waals surface area contributed by atoms with Gasteiger partial charge in [-0.3, -0.25) is 0 Å². The van der Waals surface area contributed by atoms with Gasteiger partial charge in [0.25, 0.3) is 0 Å². The van der Waals surface area contributed by atoms with Crippen LogP contribution in [0.15, 0.2) is 5.51 Å². The van der Waals surface area contributed by atoms with Gasteiger partial charge in [0, 0.05) is 19.6 Å². The fraction of sp³-hybridized carbons (Fsp3) is 0.500. The largest absolute Gasteiger partial charge is 0.394 e. The number of fused-ring (bicyclic) bond motifs is 1. The Morgan fingerprint density at radius 3 is 3.28 bits per heavy atom. The summed E-state index contributed by atoms with van der Waals surface area (Å²) >= 11 is 1.44. The number of aliphatic hydroxyl groups excluding tert-OH is 1. The van der Waals surface area contributed by atoms with Gasteiger partial charge in [-0.15, -0.1) is 11.3 Å². The molecule has 0 unspecified atom stereocenters. The topological polar surface area (TPSA) is 100 Å². The molecule has 0 aromatic carbocycles. The molecule has 1 atom stereocenters. The van der Waals surface area contributed by atoms with Crippen molar-refractivity contribution in [2.24, 2.45) is 0 Å². The number of hydrogen-bond donors (Lipinski definition) is 3. The van der Waals surface area contributed by atoms with Crippen molar-refractivity contribution in [1.29, 1.82) is 0 Å². The molecule has 7 nitrogen and oxygen atoms in total. The second-order valence-electron chi connectivity index (χ2n) is 4.15. The van der Waals surface area contributed by atoms with Crippen molar-refractivity contribution in [3.63, 3.8) is 0 Å². The molecule has 1 aliphatic rings. The van der Waals surface area contributed by atoms with E-state index in [0.29, 0.717) is 0 Å². The zero-order valence-electron chi connectivity index (χ0n) is 9.70. The van der Waals surface area contributed by atoms with Crippen molar-refractivity contribution in [2.45, 2.75) is 6.04 Å². The van der Waals surface area contributed by atoms with E-state index >= 15 is 0 Å². The zero-order chi connectivity index (χ0) is 12.5. The summed E-state index contributed by atoms with van der Waals surface area (Å²) in [5, 5.41) is 12.7. The highest BCUT2D eigenvalue weighted by molar-refractivity contribution is 7.16. The first-order chi connectivity index (χ1) is 8.79. The van der Waals surface area contributed by atoms with E-state index in [1.807, 2.05) is 0 Å². The Labute approximate surface area is 108 Å². The Bertz CT molecular complexity index is 558. The number of aromatic nitrogens is 3. The summed E-state index contributed by atoms with van der Waals surface area (Å²) in [5.41, 5.74) is 8.22. The van der Waals surface area contributed by atoms with Crippen LogP contribution in [-0.4, -0.2) is 52.3 Å². The third-order valence-electron chi connectivity index (χ3n) is 3.03. The molecule has 4 N–H and O–H groups in total. The Morgan fingerprint density at radius 2 is 2.44 bits per heavy atom. The van der Waals surface area contributed by atoms with Crippen LogP contribution in [0.1, 0.15) is 0 Å². The molecular formula is C10H14N6OS. The van der Waals surface area contributed by atoms with Gasteiger partial charge >= 0.3 is 0 Å². The second-order valence-corrected chi connectivity index (χ2v) is 4.98. The molecule has 3 heterocycles. The maximum absolute atomic E-state index is 9.44. The van der Waals surface area contributed by atoms with Gasteiger partial charge < -0.3 is 21.1 Å². The lowest BCUT2D eigenvalue weighted by atomic mass is 10.2. The van der Waals surface area contributed by atoms with Crippen LogP contribution in [0.5, 0.6) is 0 Å². The van der Waals surface area contributed by atoms with E-state index in [1.165, 1.54) is 11.3 Å². The molecule has 8 heteroatoms. The fourth-order valence-electron chi connectivity index (χ4n) is 2.17. The number of thiazole rings is 1. The highest BCUT2D eigenvalue weighted by Gasteiger charge is 2.25. The SMILES string of the molecule is Nc1nc(N2CCNC[C@H]2CO)c2ncsc2n1. The number of nitrogens with two attached hydrogens (primary N) is 1. The smallest absolute Gasteiger partial charge is 0.223 e. The van der Waals surface area contributed by atoms with Crippen LogP contribution in [0.2, 0.25) is 0 Å². The molecule has 96 valence electrons. The lowest BCUT2D eigenvalue weighted by Gasteiger charge is -2.36. The lowest BCUT2D eigenvalue weighted by molar-refractivity contribution is 0.246. The van der Waals surface area contributed by atoms with Crippen molar-refractivity contribution in [1.82, 2.24) is 20.3 Å². The summed E-state index contributed by atoms with van der Waals surface area (Å²) < 4.78 is 0. The summed E-state index contributed by atoms with van der Waals surface area (Å²) in [7, 11) is 0. The third-order valence-corrected chi connectivity index (χ3v) is 3.75. The van der Waals surface area contributed by atoms with Crippen molar-refractivity contribution in [2.75, 3.05) is 36.9 Å². The third kappa shape index (κ3) is 1.88. The maximum atomic E-state index is 9.44. The molecule has 0 spiro atoms. The first-order valence-corrected chi connectivity index (χ1v) is 6.62. The molecule has 2 aromatic rings. The molecule has 0 radical (unpaired) electrons. The monoisotopic (exact) mass is 266 g/mol. The van der Waals surface area contributed by atoms with Crippen LogP contribution < -0.4 is 16.0 Å². The van der Waals surface area contributed by atoms with Crippen molar-refractivity contribution < 1.29 is 5.11 Å². The number of nitrogens with zero attached hydrogens (tertiary/aromatic N) is 4. The molecular weight excluding hydrogens is 252 g/mol. The summed E-state index contributed by atoms with van der Waals surface area (Å²) in [6, 6.07) is -0.00190.